The van der Waals surface area contributed by atoms with Crippen LogP contribution in [0.3, 0.4) is 0 Å². The number of imidazole rings is 1. The van der Waals surface area contributed by atoms with Gasteiger partial charge in [-0.3, -0.25) is 0 Å². The Morgan fingerprint density at radius 3 is 3.00 bits per heavy atom. The number of anilines is 2. The van der Waals surface area contributed by atoms with Crippen LogP contribution < -0.4 is 15.8 Å². The van der Waals surface area contributed by atoms with Gasteiger partial charge in [-0.2, -0.15) is 4.98 Å². The number of allylic oxidation sites excluding steroid dienone is 4. The van der Waals surface area contributed by atoms with Crippen molar-refractivity contribution in [2.24, 2.45) is 0 Å². The van der Waals surface area contributed by atoms with Crippen LogP contribution in [0.4, 0.5) is 11.8 Å². The Balaban J connectivity index is 1.70. The molecule has 1 unspecified atom stereocenters. The normalized spacial score (nSPS) is 14.7. The first-order valence-corrected chi connectivity index (χ1v) is 9.55. The first-order valence-electron chi connectivity index (χ1n) is 9.55. The second-order valence-electron chi connectivity index (χ2n) is 6.66. The van der Waals surface area contributed by atoms with Crippen molar-refractivity contribution in [1.29, 1.82) is 0 Å². The lowest BCUT2D eigenvalue weighted by Crippen LogP contribution is -2.13. The van der Waals surface area contributed by atoms with Gasteiger partial charge >= 0.3 is 0 Å². The van der Waals surface area contributed by atoms with Crippen LogP contribution in [0.1, 0.15) is 51.3 Å². The van der Waals surface area contributed by atoms with Crippen LogP contribution in [0.15, 0.2) is 42.5 Å². The monoisotopic (exact) mass is 368 g/mol. The largest absolute Gasteiger partial charge is 0.482 e. The minimum absolute atomic E-state index is 0.215. The molecule has 3 N–H and O–H groups in total. The minimum Gasteiger partial charge on any atom is -0.482 e. The third-order valence-electron chi connectivity index (χ3n) is 4.64. The summed E-state index contributed by atoms with van der Waals surface area (Å²) in [4.78, 5) is 12.6. The van der Waals surface area contributed by atoms with E-state index in [1.807, 2.05) is 12.5 Å². The molecule has 0 fully saturated rings. The molecule has 1 aliphatic rings. The van der Waals surface area contributed by atoms with E-state index in [1.165, 1.54) is 5.57 Å². The van der Waals surface area contributed by atoms with Gasteiger partial charge in [0.1, 0.15) is 6.61 Å². The van der Waals surface area contributed by atoms with E-state index >= 15 is 0 Å². The average molecular weight is 368 g/mol. The molecule has 1 aliphatic carbocycles. The number of unbranched alkanes of at least 4 members (excludes halogenated alkanes) is 1. The van der Waals surface area contributed by atoms with Crippen molar-refractivity contribution in [2.75, 3.05) is 17.6 Å². The van der Waals surface area contributed by atoms with Gasteiger partial charge in [0.15, 0.2) is 11.6 Å². The lowest BCUT2D eigenvalue weighted by Gasteiger charge is -2.20. The molecule has 2 aromatic heterocycles. The number of nitrogen functional groups attached to an aromatic ring is 1. The SMILES string of the molecule is CCCCNc1nc(N)ncc1OCc1cncn1C(C)C1=CCCC=C1. The molecule has 0 saturated carbocycles. The molecular weight excluding hydrogens is 340 g/mol. The number of rotatable bonds is 9. The van der Waals surface area contributed by atoms with Crippen LogP contribution in [0.25, 0.3) is 0 Å². The zero-order chi connectivity index (χ0) is 19.1. The Kier molecular flexibility index (Phi) is 6.46. The Labute approximate surface area is 160 Å². The predicted octanol–water partition coefficient (Wildman–Crippen LogP) is 3.88. The van der Waals surface area contributed by atoms with E-state index in [-0.39, 0.29) is 12.0 Å². The highest BCUT2D eigenvalue weighted by atomic mass is 16.5. The molecule has 1 atom stereocenters. The van der Waals surface area contributed by atoms with Crippen molar-refractivity contribution in [3.63, 3.8) is 0 Å². The van der Waals surface area contributed by atoms with Crippen LogP contribution in [0, 0.1) is 0 Å². The van der Waals surface area contributed by atoms with Crippen molar-refractivity contribution in [3.05, 3.63) is 48.2 Å². The van der Waals surface area contributed by atoms with Gasteiger partial charge in [-0.25, -0.2) is 9.97 Å². The van der Waals surface area contributed by atoms with E-state index in [9.17, 15) is 0 Å². The summed E-state index contributed by atoms with van der Waals surface area (Å²) in [5.41, 5.74) is 8.03. The van der Waals surface area contributed by atoms with Crippen molar-refractivity contribution in [3.8, 4) is 5.75 Å². The zero-order valence-corrected chi connectivity index (χ0v) is 16.1. The van der Waals surface area contributed by atoms with E-state index in [1.54, 1.807) is 6.20 Å². The van der Waals surface area contributed by atoms with Gasteiger partial charge in [0.2, 0.25) is 5.95 Å². The summed E-state index contributed by atoms with van der Waals surface area (Å²) in [7, 11) is 0. The predicted molar refractivity (Wildman–Crippen MR) is 108 cm³/mol. The molecule has 0 bridgehead atoms. The summed E-state index contributed by atoms with van der Waals surface area (Å²) < 4.78 is 8.15. The number of hydrogen-bond acceptors (Lipinski definition) is 6. The van der Waals surface area contributed by atoms with E-state index in [0.29, 0.717) is 18.2 Å². The Bertz CT molecular complexity index is 811. The molecule has 7 nitrogen and oxygen atoms in total. The molecule has 0 spiro atoms. The third-order valence-corrected chi connectivity index (χ3v) is 4.64. The molecule has 0 aromatic carbocycles. The number of nitrogens with zero attached hydrogens (tertiary/aromatic N) is 4. The fraction of sp³-hybridized carbons (Fsp3) is 0.450. The van der Waals surface area contributed by atoms with Crippen LogP contribution >= 0.6 is 0 Å². The van der Waals surface area contributed by atoms with Crippen molar-refractivity contribution < 1.29 is 4.74 Å². The first kappa shape index (κ1) is 18.9. The standard InChI is InChI=1S/C20H28N6O/c1-3-4-10-23-19-18(12-24-20(21)25-19)27-13-17-11-22-14-26(17)15(2)16-8-6-5-7-9-16/h6,8-9,11-12,14-15H,3-5,7,10,13H2,1-2H3,(H3,21,23,24,25). The molecule has 27 heavy (non-hydrogen) atoms. The lowest BCUT2D eigenvalue weighted by molar-refractivity contribution is 0.292. The molecule has 0 aliphatic heterocycles. The quantitative estimate of drug-likeness (QED) is 0.653. The molecule has 7 heteroatoms. The molecule has 3 rings (SSSR count). The number of nitrogens with two attached hydrogens (primary N) is 1. The molecule has 2 aromatic rings. The van der Waals surface area contributed by atoms with E-state index < -0.39 is 0 Å². The second-order valence-corrected chi connectivity index (χ2v) is 6.66. The Morgan fingerprint density at radius 2 is 2.22 bits per heavy atom. The molecule has 0 saturated heterocycles. The summed E-state index contributed by atoms with van der Waals surface area (Å²) in [6.45, 7) is 5.53. The molecule has 0 amide bonds. The van der Waals surface area contributed by atoms with Gasteiger partial charge in [0, 0.05) is 6.54 Å². The second kappa shape index (κ2) is 9.21. The summed E-state index contributed by atoms with van der Waals surface area (Å²) in [6, 6.07) is 0.215. The fourth-order valence-electron chi connectivity index (χ4n) is 3.05. The van der Waals surface area contributed by atoms with Gasteiger partial charge in [0.25, 0.3) is 0 Å². The third kappa shape index (κ3) is 4.87. The number of aromatic nitrogens is 4. The summed E-state index contributed by atoms with van der Waals surface area (Å²) in [5.74, 6) is 1.46. The van der Waals surface area contributed by atoms with Crippen LogP contribution in [0.5, 0.6) is 5.75 Å². The molecule has 2 heterocycles. The first-order chi connectivity index (χ1) is 13.2. The minimum atomic E-state index is 0.215. The van der Waals surface area contributed by atoms with E-state index in [0.717, 1.165) is 37.9 Å². The van der Waals surface area contributed by atoms with Crippen LogP contribution in [-0.4, -0.2) is 26.1 Å². The summed E-state index contributed by atoms with van der Waals surface area (Å²) in [5, 5.41) is 3.28. The van der Waals surface area contributed by atoms with Gasteiger partial charge < -0.3 is 20.4 Å². The summed E-state index contributed by atoms with van der Waals surface area (Å²) in [6.07, 6.45) is 16.4. The maximum atomic E-state index is 6.00. The Hall–Kier alpha value is -2.83. The van der Waals surface area contributed by atoms with E-state index in [2.05, 4.69) is 56.9 Å². The topological polar surface area (TPSA) is 90.9 Å². The maximum absolute atomic E-state index is 6.00. The van der Waals surface area contributed by atoms with Gasteiger partial charge in [0.05, 0.1) is 30.5 Å². The van der Waals surface area contributed by atoms with Gasteiger partial charge in [-0.05, 0) is 31.8 Å². The van der Waals surface area contributed by atoms with Gasteiger partial charge in [-0.1, -0.05) is 31.6 Å². The summed E-state index contributed by atoms with van der Waals surface area (Å²) >= 11 is 0. The van der Waals surface area contributed by atoms with Crippen LogP contribution in [-0.2, 0) is 6.61 Å². The Morgan fingerprint density at radius 1 is 1.33 bits per heavy atom. The zero-order valence-electron chi connectivity index (χ0n) is 16.1. The number of nitrogens with one attached hydrogen (secondary N) is 1. The van der Waals surface area contributed by atoms with Crippen molar-refractivity contribution in [2.45, 2.75) is 52.2 Å². The van der Waals surface area contributed by atoms with Crippen molar-refractivity contribution in [1.82, 2.24) is 19.5 Å². The lowest BCUT2D eigenvalue weighted by atomic mass is 10.0. The average Bonchev–Trinajstić information content (AvgIpc) is 3.16. The highest BCUT2D eigenvalue weighted by Gasteiger charge is 2.15. The van der Waals surface area contributed by atoms with Crippen LogP contribution in [0.2, 0.25) is 0 Å². The fourth-order valence-corrected chi connectivity index (χ4v) is 3.05. The molecule has 144 valence electrons. The smallest absolute Gasteiger partial charge is 0.222 e. The number of ether oxygens (including phenoxy) is 1. The molecular formula is C20H28N6O. The van der Waals surface area contributed by atoms with Crippen molar-refractivity contribution >= 4 is 11.8 Å². The highest BCUT2D eigenvalue weighted by molar-refractivity contribution is 5.51. The van der Waals surface area contributed by atoms with Gasteiger partial charge in [-0.15, -0.1) is 0 Å². The maximum Gasteiger partial charge on any atom is 0.222 e. The van der Waals surface area contributed by atoms with E-state index in [4.69, 9.17) is 10.5 Å². The molecule has 0 radical (unpaired) electrons. The highest BCUT2D eigenvalue weighted by Crippen LogP contribution is 2.26. The number of hydrogen-bond donors (Lipinski definition) is 2.